The largest absolute Gasteiger partial charge is 0.493 e. The van der Waals surface area contributed by atoms with Crippen LogP contribution in [0.4, 0.5) is 4.39 Å². The highest BCUT2D eigenvalue weighted by atomic mass is 35.5. The summed E-state index contributed by atoms with van der Waals surface area (Å²) in [5.41, 5.74) is 0.900. The van der Waals surface area contributed by atoms with Crippen LogP contribution in [0.25, 0.3) is 0 Å². The summed E-state index contributed by atoms with van der Waals surface area (Å²) in [6.45, 7) is 5.50. The Labute approximate surface area is 181 Å². The summed E-state index contributed by atoms with van der Waals surface area (Å²) in [6.07, 6.45) is 1.82. The molecule has 2 aromatic carbocycles. The number of nitrogens with one attached hydrogen (secondary N) is 1. The second kappa shape index (κ2) is 9.94. The zero-order valence-electron chi connectivity index (χ0n) is 17.2. The number of ether oxygens (including phenoxy) is 1. The van der Waals surface area contributed by atoms with Crippen molar-refractivity contribution in [1.29, 1.82) is 0 Å². The van der Waals surface area contributed by atoms with Gasteiger partial charge in [-0.15, -0.1) is 0 Å². The van der Waals surface area contributed by atoms with Crippen LogP contribution in [0.5, 0.6) is 5.75 Å². The van der Waals surface area contributed by atoms with Crippen molar-refractivity contribution in [3.63, 3.8) is 0 Å². The first-order chi connectivity index (χ1) is 14.3. The molecule has 5 nitrogen and oxygen atoms in total. The van der Waals surface area contributed by atoms with Crippen LogP contribution in [0.15, 0.2) is 42.5 Å². The summed E-state index contributed by atoms with van der Waals surface area (Å²) in [6, 6.07) is 10.9. The zero-order chi connectivity index (χ0) is 21.7. The predicted molar refractivity (Wildman–Crippen MR) is 115 cm³/mol. The fourth-order valence-electron chi connectivity index (χ4n) is 3.48. The van der Waals surface area contributed by atoms with Crippen LogP contribution in [-0.2, 0) is 0 Å². The number of carbonyl (C=O) groups excluding carboxylic acids is 2. The Hall–Kier alpha value is -2.60. The summed E-state index contributed by atoms with van der Waals surface area (Å²) >= 11 is 6.04. The molecular weight excluding hydrogens is 407 g/mol. The van der Waals surface area contributed by atoms with Crippen molar-refractivity contribution >= 4 is 23.4 Å². The molecule has 1 aliphatic rings. The smallest absolute Gasteiger partial charge is 0.255 e. The Bertz CT molecular complexity index is 902. The fourth-order valence-corrected chi connectivity index (χ4v) is 3.73. The van der Waals surface area contributed by atoms with Crippen LogP contribution in [0.2, 0.25) is 5.02 Å². The summed E-state index contributed by atoms with van der Waals surface area (Å²) < 4.78 is 19.1. The molecule has 0 spiro atoms. The highest BCUT2D eigenvalue weighted by Gasteiger charge is 2.26. The summed E-state index contributed by atoms with van der Waals surface area (Å²) in [5.74, 6) is 0.101. The van der Waals surface area contributed by atoms with E-state index in [0.717, 1.165) is 18.9 Å². The van der Waals surface area contributed by atoms with Gasteiger partial charge in [-0.3, -0.25) is 9.59 Å². The number of benzene rings is 2. The lowest BCUT2D eigenvalue weighted by Crippen LogP contribution is -2.41. The average molecular weight is 433 g/mol. The molecule has 1 heterocycles. The third kappa shape index (κ3) is 5.72. The van der Waals surface area contributed by atoms with Gasteiger partial charge in [-0.25, -0.2) is 4.39 Å². The van der Waals surface area contributed by atoms with Crippen LogP contribution in [0, 0.1) is 11.7 Å². The Morgan fingerprint density at radius 2 is 1.97 bits per heavy atom. The van der Waals surface area contributed by atoms with Crippen molar-refractivity contribution in [3.05, 3.63) is 64.4 Å². The highest BCUT2D eigenvalue weighted by Crippen LogP contribution is 2.24. The Kier molecular flexibility index (Phi) is 7.32. The second-order valence-electron chi connectivity index (χ2n) is 7.85. The van der Waals surface area contributed by atoms with Crippen molar-refractivity contribution in [1.82, 2.24) is 10.2 Å². The monoisotopic (exact) mass is 432 g/mol. The first kappa shape index (κ1) is 22.1. The standard InChI is InChI=1S/C23H26ClFN2O3/c1-15(2)26-22(28)17-5-8-19(9-6-17)30-14-16-4-3-11-27(13-16)23(29)20-10-7-18(25)12-21(20)24/h5-10,12,15-16H,3-4,11,13-14H2,1-2H3,(H,26,28)/t16-/m1/s1. The zero-order valence-corrected chi connectivity index (χ0v) is 17.9. The van der Waals surface area contributed by atoms with E-state index in [0.29, 0.717) is 36.6 Å². The minimum Gasteiger partial charge on any atom is -0.493 e. The Morgan fingerprint density at radius 1 is 1.23 bits per heavy atom. The van der Waals surface area contributed by atoms with Crippen molar-refractivity contribution in [2.24, 2.45) is 5.92 Å². The van der Waals surface area contributed by atoms with Gasteiger partial charge in [-0.1, -0.05) is 11.6 Å². The lowest BCUT2D eigenvalue weighted by molar-refractivity contribution is 0.0633. The Balaban J connectivity index is 1.55. The van der Waals surface area contributed by atoms with E-state index in [4.69, 9.17) is 16.3 Å². The number of hydrogen-bond acceptors (Lipinski definition) is 3. The fraction of sp³-hybridized carbons (Fsp3) is 0.391. The molecule has 1 fully saturated rings. The number of amides is 2. The molecule has 0 saturated carbocycles. The van der Waals surface area contributed by atoms with E-state index in [1.807, 2.05) is 13.8 Å². The van der Waals surface area contributed by atoms with E-state index < -0.39 is 5.82 Å². The molecule has 0 radical (unpaired) electrons. The minimum absolute atomic E-state index is 0.0789. The Morgan fingerprint density at radius 3 is 2.63 bits per heavy atom. The van der Waals surface area contributed by atoms with Crippen LogP contribution < -0.4 is 10.1 Å². The molecule has 2 amide bonds. The summed E-state index contributed by atoms with van der Waals surface area (Å²) in [7, 11) is 0. The summed E-state index contributed by atoms with van der Waals surface area (Å²) in [5, 5.41) is 2.98. The third-order valence-electron chi connectivity index (χ3n) is 4.99. The first-order valence-electron chi connectivity index (χ1n) is 10.1. The molecule has 1 atom stereocenters. The minimum atomic E-state index is -0.464. The van der Waals surface area contributed by atoms with Crippen LogP contribution in [0.3, 0.4) is 0 Å². The molecule has 2 aromatic rings. The van der Waals surface area contributed by atoms with Crippen LogP contribution >= 0.6 is 11.6 Å². The topological polar surface area (TPSA) is 58.6 Å². The van der Waals surface area contributed by atoms with Crippen LogP contribution in [0.1, 0.15) is 47.4 Å². The van der Waals surface area contributed by atoms with Gasteiger partial charge >= 0.3 is 0 Å². The van der Waals surface area contributed by atoms with Gasteiger partial charge < -0.3 is 15.0 Å². The molecule has 0 aromatic heterocycles. The first-order valence-corrected chi connectivity index (χ1v) is 10.5. The molecule has 0 bridgehead atoms. The maximum Gasteiger partial charge on any atom is 0.255 e. The average Bonchev–Trinajstić information content (AvgIpc) is 2.72. The quantitative estimate of drug-likeness (QED) is 0.728. The highest BCUT2D eigenvalue weighted by molar-refractivity contribution is 6.33. The van der Waals surface area contributed by atoms with E-state index >= 15 is 0 Å². The predicted octanol–water partition coefficient (Wildman–Crippen LogP) is 4.55. The second-order valence-corrected chi connectivity index (χ2v) is 8.25. The molecule has 7 heteroatoms. The van der Waals surface area contributed by atoms with Gasteiger partial charge in [0.25, 0.3) is 11.8 Å². The van der Waals surface area contributed by atoms with E-state index in [2.05, 4.69) is 5.32 Å². The number of carbonyl (C=O) groups is 2. The molecule has 1 saturated heterocycles. The molecule has 30 heavy (non-hydrogen) atoms. The molecule has 1 aliphatic heterocycles. The van der Waals surface area contributed by atoms with Gasteiger partial charge in [-0.2, -0.15) is 0 Å². The molecular formula is C23H26ClFN2O3. The van der Waals surface area contributed by atoms with E-state index in [-0.39, 0.29) is 28.8 Å². The number of piperidine rings is 1. The SMILES string of the molecule is CC(C)NC(=O)c1ccc(OC[C@@H]2CCCN(C(=O)c3ccc(F)cc3Cl)C2)cc1. The van der Waals surface area contributed by atoms with Gasteiger partial charge in [0.15, 0.2) is 0 Å². The number of nitrogens with zero attached hydrogens (tertiary/aromatic N) is 1. The normalized spacial score (nSPS) is 16.4. The number of hydrogen-bond donors (Lipinski definition) is 1. The van der Waals surface area contributed by atoms with Gasteiger partial charge in [0.2, 0.25) is 0 Å². The van der Waals surface area contributed by atoms with E-state index in [1.54, 1.807) is 29.2 Å². The van der Waals surface area contributed by atoms with E-state index in [1.165, 1.54) is 12.1 Å². The molecule has 0 aliphatic carbocycles. The maximum absolute atomic E-state index is 13.3. The number of halogens is 2. The van der Waals surface area contributed by atoms with Crippen LogP contribution in [-0.4, -0.2) is 42.5 Å². The molecule has 0 unspecified atom stereocenters. The third-order valence-corrected chi connectivity index (χ3v) is 5.30. The number of rotatable bonds is 6. The molecule has 1 N–H and O–H groups in total. The van der Waals surface area contributed by atoms with Crippen molar-refractivity contribution < 1.29 is 18.7 Å². The number of likely N-dealkylation sites (tertiary alicyclic amines) is 1. The van der Waals surface area contributed by atoms with Gasteiger partial charge in [-0.05, 0) is 69.2 Å². The van der Waals surface area contributed by atoms with Gasteiger partial charge in [0.1, 0.15) is 11.6 Å². The lowest BCUT2D eigenvalue weighted by Gasteiger charge is -2.33. The lowest BCUT2D eigenvalue weighted by atomic mass is 9.98. The van der Waals surface area contributed by atoms with Crippen molar-refractivity contribution in [2.45, 2.75) is 32.7 Å². The molecule has 3 rings (SSSR count). The van der Waals surface area contributed by atoms with Crippen molar-refractivity contribution in [2.75, 3.05) is 19.7 Å². The van der Waals surface area contributed by atoms with Gasteiger partial charge in [0, 0.05) is 30.6 Å². The maximum atomic E-state index is 13.3. The van der Waals surface area contributed by atoms with E-state index in [9.17, 15) is 14.0 Å². The molecule has 160 valence electrons. The summed E-state index contributed by atoms with van der Waals surface area (Å²) in [4.78, 5) is 26.5. The van der Waals surface area contributed by atoms with Crippen molar-refractivity contribution in [3.8, 4) is 5.75 Å². The van der Waals surface area contributed by atoms with Gasteiger partial charge in [0.05, 0.1) is 17.2 Å².